The number of aromatic nitrogens is 2. The van der Waals surface area contributed by atoms with E-state index in [0.717, 1.165) is 12.1 Å². The molecule has 26 heavy (non-hydrogen) atoms. The Morgan fingerprint density at radius 1 is 1.23 bits per heavy atom. The van der Waals surface area contributed by atoms with Crippen molar-refractivity contribution < 1.29 is 17.5 Å². The van der Waals surface area contributed by atoms with E-state index in [0.29, 0.717) is 38.5 Å². The van der Waals surface area contributed by atoms with Crippen molar-refractivity contribution in [3.8, 4) is 0 Å². The maximum absolute atomic E-state index is 13.1. The molecule has 0 saturated carbocycles. The second-order valence-electron chi connectivity index (χ2n) is 6.65. The summed E-state index contributed by atoms with van der Waals surface area (Å²) in [7, 11) is -3.65. The van der Waals surface area contributed by atoms with Crippen molar-refractivity contribution in [1.29, 1.82) is 0 Å². The second-order valence-corrected chi connectivity index (χ2v) is 8.59. The molecule has 1 spiro atoms. The Hall–Kier alpha value is -2.10. The summed E-state index contributed by atoms with van der Waals surface area (Å²) >= 11 is 0. The van der Waals surface area contributed by atoms with Crippen molar-refractivity contribution in [1.82, 2.24) is 14.3 Å². The molecule has 7 nitrogen and oxygen atoms in total. The summed E-state index contributed by atoms with van der Waals surface area (Å²) in [5.41, 5.74) is -0.500. The number of sulfonamides is 1. The molecule has 0 radical (unpaired) electrons. The minimum absolute atomic E-state index is 0.0332. The molecule has 4 rings (SSSR count). The Morgan fingerprint density at radius 2 is 1.96 bits per heavy atom. The van der Waals surface area contributed by atoms with Crippen LogP contribution < -0.4 is 5.32 Å². The van der Waals surface area contributed by atoms with E-state index < -0.39 is 21.4 Å². The number of nitrogens with one attached hydrogen (secondary N) is 1. The van der Waals surface area contributed by atoms with E-state index in [4.69, 9.17) is 4.74 Å². The molecule has 2 aromatic rings. The molecule has 0 bridgehead atoms. The predicted molar refractivity (Wildman–Crippen MR) is 92.5 cm³/mol. The molecule has 2 saturated heterocycles. The topological polar surface area (TPSA) is 84.4 Å². The van der Waals surface area contributed by atoms with Gasteiger partial charge in [-0.25, -0.2) is 22.8 Å². The van der Waals surface area contributed by atoms with Crippen LogP contribution in [0.4, 0.5) is 10.3 Å². The molecule has 2 aliphatic heterocycles. The highest BCUT2D eigenvalue weighted by molar-refractivity contribution is 7.89. The number of hydrogen-bond donors (Lipinski definition) is 1. The summed E-state index contributed by atoms with van der Waals surface area (Å²) in [6, 6.07) is 6.68. The van der Waals surface area contributed by atoms with Gasteiger partial charge in [-0.1, -0.05) is 0 Å². The zero-order valence-electron chi connectivity index (χ0n) is 14.0. The highest BCUT2D eigenvalue weighted by Gasteiger charge is 2.48. The van der Waals surface area contributed by atoms with Gasteiger partial charge < -0.3 is 10.1 Å². The van der Waals surface area contributed by atoms with Crippen LogP contribution in [0.1, 0.15) is 12.8 Å². The summed E-state index contributed by atoms with van der Waals surface area (Å²) in [4.78, 5) is 8.39. The smallest absolute Gasteiger partial charge is 0.243 e. The quantitative estimate of drug-likeness (QED) is 0.871. The van der Waals surface area contributed by atoms with E-state index in [1.54, 1.807) is 18.5 Å². The van der Waals surface area contributed by atoms with Crippen LogP contribution in [-0.4, -0.2) is 54.0 Å². The molecule has 3 heterocycles. The maximum Gasteiger partial charge on any atom is 0.243 e. The Labute approximate surface area is 151 Å². The fraction of sp³-hybridized carbons (Fsp3) is 0.412. The van der Waals surface area contributed by atoms with Crippen LogP contribution in [0.2, 0.25) is 0 Å². The SMILES string of the molecule is O=S(=O)(c1ccc(F)cc1)N1CCC2(CC(Nc3ncccn3)CO2)C1. The lowest BCUT2D eigenvalue weighted by molar-refractivity contribution is 0.0173. The molecule has 2 unspecified atom stereocenters. The zero-order chi connectivity index (χ0) is 18.2. The Bertz CT molecular complexity index is 879. The molecule has 2 atom stereocenters. The van der Waals surface area contributed by atoms with Crippen molar-refractivity contribution >= 4 is 16.0 Å². The Balaban J connectivity index is 1.44. The first-order chi connectivity index (χ1) is 12.5. The van der Waals surface area contributed by atoms with E-state index in [9.17, 15) is 12.8 Å². The molecule has 2 aliphatic rings. The number of ether oxygens (including phenoxy) is 1. The third-order valence-corrected chi connectivity index (χ3v) is 6.70. The highest BCUT2D eigenvalue weighted by Crippen LogP contribution is 2.38. The van der Waals surface area contributed by atoms with Gasteiger partial charge in [0, 0.05) is 31.9 Å². The number of anilines is 1. The summed E-state index contributed by atoms with van der Waals surface area (Å²) < 4.78 is 46.0. The van der Waals surface area contributed by atoms with Gasteiger partial charge in [-0.2, -0.15) is 4.31 Å². The minimum Gasteiger partial charge on any atom is -0.371 e. The Kier molecular flexibility index (Phi) is 4.37. The second kappa shape index (κ2) is 6.57. The first-order valence-corrected chi connectivity index (χ1v) is 9.84. The molecule has 138 valence electrons. The van der Waals surface area contributed by atoms with Crippen molar-refractivity contribution in [2.45, 2.75) is 29.4 Å². The van der Waals surface area contributed by atoms with Crippen molar-refractivity contribution in [3.63, 3.8) is 0 Å². The van der Waals surface area contributed by atoms with Crippen LogP contribution >= 0.6 is 0 Å². The molecular formula is C17H19FN4O3S. The molecule has 2 fully saturated rings. The summed E-state index contributed by atoms with van der Waals surface area (Å²) in [5.74, 6) is 0.0740. The number of rotatable bonds is 4. The first kappa shape index (κ1) is 17.3. The van der Waals surface area contributed by atoms with Gasteiger partial charge in [0.15, 0.2) is 0 Å². The van der Waals surface area contributed by atoms with Gasteiger partial charge in [0.25, 0.3) is 0 Å². The van der Waals surface area contributed by atoms with Gasteiger partial charge in [-0.3, -0.25) is 0 Å². The van der Waals surface area contributed by atoms with Crippen LogP contribution in [0.15, 0.2) is 47.6 Å². The monoisotopic (exact) mass is 378 g/mol. The highest BCUT2D eigenvalue weighted by atomic mass is 32.2. The van der Waals surface area contributed by atoms with Crippen LogP contribution in [-0.2, 0) is 14.8 Å². The lowest BCUT2D eigenvalue weighted by Gasteiger charge is -2.23. The molecule has 1 N–H and O–H groups in total. The van der Waals surface area contributed by atoms with E-state index >= 15 is 0 Å². The molecule has 0 amide bonds. The van der Waals surface area contributed by atoms with Gasteiger partial charge >= 0.3 is 0 Å². The largest absolute Gasteiger partial charge is 0.371 e. The summed E-state index contributed by atoms with van der Waals surface area (Å²) in [5, 5.41) is 3.23. The Morgan fingerprint density at radius 3 is 2.69 bits per heavy atom. The number of halogens is 1. The standard InChI is InChI=1S/C17H19FN4O3S/c18-13-2-4-15(5-3-13)26(23,24)22-9-6-17(12-22)10-14(11-25-17)21-16-19-7-1-8-20-16/h1-5,7-8,14H,6,9-12H2,(H,19,20,21). The van der Waals surface area contributed by atoms with Gasteiger partial charge in [0.05, 0.1) is 23.1 Å². The fourth-order valence-corrected chi connectivity index (χ4v) is 5.06. The number of hydrogen-bond acceptors (Lipinski definition) is 6. The average molecular weight is 378 g/mol. The van der Waals surface area contributed by atoms with E-state index in [-0.39, 0.29) is 10.9 Å². The van der Waals surface area contributed by atoms with Crippen molar-refractivity contribution in [2.75, 3.05) is 25.0 Å². The molecule has 9 heteroatoms. The first-order valence-electron chi connectivity index (χ1n) is 8.40. The average Bonchev–Trinajstić information content (AvgIpc) is 3.24. The van der Waals surface area contributed by atoms with Crippen LogP contribution in [0.3, 0.4) is 0 Å². The van der Waals surface area contributed by atoms with Gasteiger partial charge in [-0.15, -0.1) is 0 Å². The van der Waals surface area contributed by atoms with E-state index in [2.05, 4.69) is 15.3 Å². The van der Waals surface area contributed by atoms with Gasteiger partial charge in [-0.05, 0) is 36.8 Å². The lowest BCUT2D eigenvalue weighted by Crippen LogP contribution is -2.36. The number of benzene rings is 1. The molecular weight excluding hydrogens is 359 g/mol. The van der Waals surface area contributed by atoms with Crippen LogP contribution in [0.25, 0.3) is 0 Å². The normalized spacial score (nSPS) is 26.4. The molecule has 0 aliphatic carbocycles. The van der Waals surface area contributed by atoms with E-state index in [1.165, 1.54) is 16.4 Å². The van der Waals surface area contributed by atoms with Gasteiger partial charge in [0.2, 0.25) is 16.0 Å². The summed E-state index contributed by atoms with van der Waals surface area (Å²) in [6.07, 6.45) is 4.63. The molecule has 1 aromatic heterocycles. The maximum atomic E-state index is 13.1. The van der Waals surface area contributed by atoms with Gasteiger partial charge in [0.1, 0.15) is 5.82 Å². The third-order valence-electron chi connectivity index (χ3n) is 4.84. The van der Waals surface area contributed by atoms with Crippen molar-refractivity contribution in [3.05, 3.63) is 48.5 Å². The summed E-state index contributed by atoms with van der Waals surface area (Å²) in [6.45, 7) is 1.15. The third kappa shape index (κ3) is 3.29. The predicted octanol–water partition coefficient (Wildman–Crippen LogP) is 1.65. The zero-order valence-corrected chi connectivity index (χ0v) is 14.8. The minimum atomic E-state index is -3.65. The van der Waals surface area contributed by atoms with E-state index in [1.807, 2.05) is 0 Å². The lowest BCUT2D eigenvalue weighted by atomic mass is 9.97. The van der Waals surface area contributed by atoms with Crippen LogP contribution in [0.5, 0.6) is 0 Å². The molecule has 1 aromatic carbocycles. The fourth-order valence-electron chi connectivity index (χ4n) is 3.55. The van der Waals surface area contributed by atoms with Crippen molar-refractivity contribution in [2.24, 2.45) is 0 Å². The number of nitrogens with zero attached hydrogens (tertiary/aromatic N) is 3. The van der Waals surface area contributed by atoms with Crippen LogP contribution in [0, 0.1) is 5.82 Å².